The van der Waals surface area contributed by atoms with E-state index >= 15 is 0 Å². The summed E-state index contributed by atoms with van der Waals surface area (Å²) in [7, 11) is 0. The van der Waals surface area contributed by atoms with E-state index in [0.29, 0.717) is 5.92 Å². The maximum atomic E-state index is 8.68. The summed E-state index contributed by atoms with van der Waals surface area (Å²) in [6.07, 6.45) is 5.09. The van der Waals surface area contributed by atoms with Crippen molar-refractivity contribution in [1.82, 2.24) is 5.32 Å². The Labute approximate surface area is 111 Å². The second-order valence-electron chi connectivity index (χ2n) is 3.85. The van der Waals surface area contributed by atoms with Gasteiger partial charge in [-0.1, -0.05) is 19.8 Å². The van der Waals surface area contributed by atoms with Crippen molar-refractivity contribution in [3.63, 3.8) is 0 Å². The number of unbranched alkanes of at least 4 members (excludes halogenated alkanes) is 3. The molecule has 5 N–H and O–H groups in total. The van der Waals surface area contributed by atoms with Crippen LogP contribution in [0, 0.1) is 12.5 Å². The van der Waals surface area contributed by atoms with Gasteiger partial charge in [-0.05, 0) is 31.8 Å². The molecule has 1 atom stereocenters. The van der Waals surface area contributed by atoms with Crippen LogP contribution in [0.2, 0.25) is 0 Å². The molecule has 0 amide bonds. The molecule has 0 aliphatic heterocycles. The van der Waals surface area contributed by atoms with E-state index in [2.05, 4.69) is 12.2 Å². The maximum Gasteiger partial charge on any atom is 0.0434 e. The molecular formula is C11H26NO3V-. The Hall–Kier alpha value is 0.424. The van der Waals surface area contributed by atoms with E-state index in [0.717, 1.165) is 32.4 Å². The summed E-state index contributed by atoms with van der Waals surface area (Å²) >= 11 is 0. The molecule has 1 unspecified atom stereocenters. The third-order valence-electron chi connectivity index (χ3n) is 2.30. The average Bonchev–Trinajstić information content (AvgIpc) is 2.17. The van der Waals surface area contributed by atoms with Gasteiger partial charge in [0.1, 0.15) is 0 Å². The van der Waals surface area contributed by atoms with Crippen LogP contribution in [-0.4, -0.2) is 35.4 Å². The Morgan fingerprint density at radius 3 is 2.50 bits per heavy atom. The summed E-state index contributed by atoms with van der Waals surface area (Å²) in [5.41, 5.74) is 0. The second kappa shape index (κ2) is 17.8. The summed E-state index contributed by atoms with van der Waals surface area (Å²) in [6.45, 7) is 5.70. The molecule has 0 aromatic carbocycles. The number of nitrogens with one attached hydrogen (secondary N) is 1. The summed E-state index contributed by atoms with van der Waals surface area (Å²) in [5.74, 6) is 0.561. The number of hydrogen-bond donors (Lipinski definition) is 3. The van der Waals surface area contributed by atoms with Crippen LogP contribution >= 0.6 is 0 Å². The quantitative estimate of drug-likeness (QED) is 0.407. The molecule has 0 bridgehead atoms. The zero-order chi connectivity index (χ0) is 10.6. The summed E-state index contributed by atoms with van der Waals surface area (Å²) in [6, 6.07) is 0. The average molecular weight is 271 g/mol. The zero-order valence-corrected chi connectivity index (χ0v) is 11.5. The summed E-state index contributed by atoms with van der Waals surface area (Å²) < 4.78 is 0. The molecule has 4 nitrogen and oxygen atoms in total. The van der Waals surface area contributed by atoms with Crippen LogP contribution in [0.15, 0.2) is 0 Å². The fraction of sp³-hybridized carbons (Fsp3) is 0.909. The molecule has 0 spiro atoms. The second-order valence-corrected chi connectivity index (χ2v) is 3.85. The number of aliphatic hydroxyl groups excluding tert-OH is 2. The smallest absolute Gasteiger partial charge is 0.0434 e. The first-order chi connectivity index (χ1) is 6.81. The summed E-state index contributed by atoms with van der Waals surface area (Å²) in [5, 5.41) is 20.5. The predicted molar refractivity (Wildman–Crippen MR) is 62.1 cm³/mol. The fourth-order valence-corrected chi connectivity index (χ4v) is 1.33. The zero-order valence-electron chi connectivity index (χ0n) is 10.2. The van der Waals surface area contributed by atoms with Crippen LogP contribution in [0.5, 0.6) is 0 Å². The summed E-state index contributed by atoms with van der Waals surface area (Å²) in [4.78, 5) is 0. The van der Waals surface area contributed by atoms with Crippen molar-refractivity contribution >= 4 is 0 Å². The van der Waals surface area contributed by atoms with Crippen molar-refractivity contribution in [3.05, 3.63) is 6.61 Å². The van der Waals surface area contributed by atoms with Crippen molar-refractivity contribution in [2.75, 3.05) is 19.7 Å². The standard InChI is InChI=1S/C11H24NO2.H2O.V/c1-11(6-9-14)10-12-7-4-2-3-5-8-13;;/h8,11-14H,2-7,9-10H2,1H3;1H2;/q-1;;. The normalized spacial score (nSPS) is 11.4. The minimum atomic E-state index is 0. The molecule has 0 saturated carbocycles. The minimum absolute atomic E-state index is 0. The van der Waals surface area contributed by atoms with E-state index in [1.165, 1.54) is 19.4 Å². The first-order valence-corrected chi connectivity index (χ1v) is 5.58. The first kappa shape index (κ1) is 21.7. The Balaban J connectivity index is -0.000000845. The van der Waals surface area contributed by atoms with Crippen LogP contribution in [0.3, 0.4) is 0 Å². The minimum Gasteiger partial charge on any atom is -0.566 e. The van der Waals surface area contributed by atoms with Crippen molar-refractivity contribution in [3.8, 4) is 0 Å². The molecule has 0 heterocycles. The van der Waals surface area contributed by atoms with E-state index in [9.17, 15) is 0 Å². The van der Waals surface area contributed by atoms with Crippen LogP contribution in [-0.2, 0) is 18.6 Å². The van der Waals surface area contributed by atoms with E-state index in [-0.39, 0.29) is 30.6 Å². The molecule has 0 aromatic heterocycles. The molecule has 5 heteroatoms. The van der Waals surface area contributed by atoms with Crippen molar-refractivity contribution in [1.29, 1.82) is 0 Å². The van der Waals surface area contributed by atoms with Crippen LogP contribution in [0.1, 0.15) is 39.0 Å². The van der Waals surface area contributed by atoms with Gasteiger partial charge in [-0.15, -0.1) is 0 Å². The Kier molecular flexibility index (Phi) is 24.1. The van der Waals surface area contributed by atoms with Gasteiger partial charge in [-0.25, -0.2) is 6.61 Å². The van der Waals surface area contributed by atoms with Crippen molar-refractivity contribution < 1.29 is 34.2 Å². The molecule has 0 aliphatic rings. The predicted octanol–water partition coefficient (Wildman–Crippen LogP) is 0.862. The van der Waals surface area contributed by atoms with Gasteiger partial charge in [0.15, 0.2) is 0 Å². The molecule has 0 fully saturated rings. The van der Waals surface area contributed by atoms with Crippen LogP contribution in [0.25, 0.3) is 0 Å². The Bertz CT molecular complexity index is 117. The molecular weight excluding hydrogens is 245 g/mol. The molecule has 1 radical (unpaired) electrons. The van der Waals surface area contributed by atoms with Gasteiger partial charge in [0.25, 0.3) is 0 Å². The van der Waals surface area contributed by atoms with Gasteiger partial charge in [0, 0.05) is 25.2 Å². The van der Waals surface area contributed by atoms with E-state index in [4.69, 9.17) is 10.2 Å². The Morgan fingerprint density at radius 2 is 1.94 bits per heavy atom. The van der Waals surface area contributed by atoms with E-state index in [1.807, 2.05) is 0 Å². The monoisotopic (exact) mass is 271 g/mol. The van der Waals surface area contributed by atoms with Crippen molar-refractivity contribution in [2.24, 2.45) is 5.92 Å². The Morgan fingerprint density at radius 1 is 1.25 bits per heavy atom. The number of aliphatic hydroxyl groups is 2. The van der Waals surface area contributed by atoms with Crippen LogP contribution in [0.4, 0.5) is 0 Å². The van der Waals surface area contributed by atoms with E-state index < -0.39 is 0 Å². The fourth-order valence-electron chi connectivity index (χ4n) is 1.33. The SMILES string of the molecule is CC(CCO)CNCCCCC[CH-]O.O.[V]. The third-order valence-corrected chi connectivity index (χ3v) is 2.30. The van der Waals surface area contributed by atoms with Gasteiger partial charge in [0.05, 0.1) is 0 Å². The molecule has 0 saturated heterocycles. The van der Waals surface area contributed by atoms with Gasteiger partial charge < -0.3 is 21.0 Å². The third kappa shape index (κ3) is 16.8. The number of rotatable bonds is 10. The molecule has 99 valence electrons. The van der Waals surface area contributed by atoms with E-state index in [1.54, 1.807) is 0 Å². The van der Waals surface area contributed by atoms with Gasteiger partial charge in [0.2, 0.25) is 0 Å². The van der Waals surface area contributed by atoms with Gasteiger partial charge in [-0.2, -0.15) is 6.42 Å². The maximum absolute atomic E-state index is 8.68. The molecule has 0 rings (SSSR count). The molecule has 0 aliphatic carbocycles. The van der Waals surface area contributed by atoms with Gasteiger partial charge in [-0.3, -0.25) is 0 Å². The molecule has 16 heavy (non-hydrogen) atoms. The van der Waals surface area contributed by atoms with Crippen LogP contribution < -0.4 is 5.32 Å². The molecule has 0 aromatic rings. The van der Waals surface area contributed by atoms with Gasteiger partial charge >= 0.3 is 0 Å². The largest absolute Gasteiger partial charge is 0.566 e. The first-order valence-electron chi connectivity index (χ1n) is 5.58. The number of hydrogen-bond acceptors (Lipinski definition) is 3. The van der Waals surface area contributed by atoms with Crippen molar-refractivity contribution in [2.45, 2.75) is 39.0 Å². The topological polar surface area (TPSA) is 84.0 Å².